The average Bonchev–Trinajstić information content (AvgIpc) is 2.97. The summed E-state index contributed by atoms with van der Waals surface area (Å²) in [7, 11) is -3.50. The van der Waals surface area contributed by atoms with Crippen LogP contribution >= 0.6 is 15.9 Å². The maximum atomic E-state index is 12.4. The molecule has 21 heavy (non-hydrogen) atoms. The first kappa shape index (κ1) is 15.5. The van der Waals surface area contributed by atoms with Crippen molar-refractivity contribution in [1.29, 1.82) is 0 Å². The molecule has 1 heterocycles. The zero-order valence-corrected chi connectivity index (χ0v) is 14.3. The molecule has 2 aliphatic carbocycles. The Morgan fingerprint density at radius 2 is 1.95 bits per heavy atom. The van der Waals surface area contributed by atoms with Gasteiger partial charge in [0.05, 0.1) is 6.54 Å². The van der Waals surface area contributed by atoms with Crippen molar-refractivity contribution in [3.8, 4) is 0 Å². The lowest BCUT2D eigenvalue weighted by atomic mass is 10.1. The summed E-state index contributed by atoms with van der Waals surface area (Å²) < 4.78 is 33.2. The van der Waals surface area contributed by atoms with E-state index < -0.39 is 10.0 Å². The summed E-state index contributed by atoms with van der Waals surface area (Å²) in [6, 6.07) is 2.17. The Hall–Kier alpha value is -0.370. The highest BCUT2D eigenvalue weighted by molar-refractivity contribution is 9.10. The fourth-order valence-electron chi connectivity index (χ4n) is 2.72. The van der Waals surface area contributed by atoms with Crippen molar-refractivity contribution in [1.82, 2.24) is 10.0 Å². The Morgan fingerprint density at radius 3 is 2.62 bits per heavy atom. The molecule has 0 spiro atoms. The Labute approximate surface area is 134 Å². The lowest BCUT2D eigenvalue weighted by Gasteiger charge is -2.10. The summed E-state index contributed by atoms with van der Waals surface area (Å²) in [6.07, 6.45) is 7.03. The van der Waals surface area contributed by atoms with Crippen molar-refractivity contribution >= 4 is 26.0 Å². The van der Waals surface area contributed by atoms with Gasteiger partial charge in [0.2, 0.25) is 10.0 Å². The van der Waals surface area contributed by atoms with Crippen molar-refractivity contribution in [3.63, 3.8) is 0 Å². The van der Waals surface area contributed by atoms with Gasteiger partial charge in [-0.1, -0.05) is 12.8 Å². The van der Waals surface area contributed by atoms with E-state index in [-0.39, 0.29) is 9.56 Å². The standard InChI is InChI=1S/C14H21BrN2O3S/c15-14-13(7-12(20-14)9-16-11-5-6-11)21(18,19)17-8-10-3-1-2-4-10/h7,10-11,16-17H,1-6,8-9H2. The van der Waals surface area contributed by atoms with E-state index in [4.69, 9.17) is 4.42 Å². The average molecular weight is 377 g/mol. The number of furan rings is 1. The predicted molar refractivity (Wildman–Crippen MR) is 83.4 cm³/mol. The van der Waals surface area contributed by atoms with Crippen LogP contribution in [0, 0.1) is 5.92 Å². The molecule has 2 N–H and O–H groups in total. The number of halogens is 1. The van der Waals surface area contributed by atoms with Gasteiger partial charge in [0.25, 0.3) is 0 Å². The van der Waals surface area contributed by atoms with Crippen LogP contribution in [0.4, 0.5) is 0 Å². The normalized spacial score (nSPS) is 20.2. The van der Waals surface area contributed by atoms with E-state index in [0.717, 1.165) is 12.8 Å². The third kappa shape index (κ3) is 4.09. The number of nitrogens with one attached hydrogen (secondary N) is 2. The van der Waals surface area contributed by atoms with Gasteiger partial charge in [0.1, 0.15) is 10.7 Å². The third-order valence-electron chi connectivity index (χ3n) is 4.18. The van der Waals surface area contributed by atoms with Gasteiger partial charge in [-0.15, -0.1) is 0 Å². The molecule has 7 heteroatoms. The van der Waals surface area contributed by atoms with E-state index >= 15 is 0 Å². The molecule has 2 fully saturated rings. The van der Waals surface area contributed by atoms with Gasteiger partial charge < -0.3 is 9.73 Å². The van der Waals surface area contributed by atoms with Crippen molar-refractivity contribution in [2.45, 2.75) is 56.0 Å². The van der Waals surface area contributed by atoms with E-state index in [1.807, 2.05) is 0 Å². The van der Waals surface area contributed by atoms with E-state index in [1.165, 1.54) is 25.7 Å². The van der Waals surface area contributed by atoms with Gasteiger partial charge in [-0.2, -0.15) is 0 Å². The fourth-order valence-corrected chi connectivity index (χ4v) is 4.83. The van der Waals surface area contributed by atoms with E-state index in [9.17, 15) is 8.42 Å². The molecule has 0 amide bonds. The highest BCUT2D eigenvalue weighted by Gasteiger charge is 2.26. The molecule has 1 aromatic rings. The van der Waals surface area contributed by atoms with Crippen LogP contribution in [-0.2, 0) is 16.6 Å². The Kier molecular flexibility index (Phi) is 4.73. The van der Waals surface area contributed by atoms with Gasteiger partial charge in [-0.05, 0) is 47.5 Å². The molecule has 0 bridgehead atoms. The molecule has 5 nitrogen and oxygen atoms in total. The molecule has 1 aromatic heterocycles. The van der Waals surface area contributed by atoms with Gasteiger partial charge >= 0.3 is 0 Å². The first-order chi connectivity index (χ1) is 10.0. The second-order valence-corrected chi connectivity index (χ2v) is 8.46. The minimum Gasteiger partial charge on any atom is -0.452 e. The van der Waals surface area contributed by atoms with Crippen molar-refractivity contribution in [3.05, 3.63) is 16.5 Å². The lowest BCUT2D eigenvalue weighted by Crippen LogP contribution is -2.28. The van der Waals surface area contributed by atoms with Crippen LogP contribution in [-0.4, -0.2) is 21.0 Å². The van der Waals surface area contributed by atoms with Gasteiger partial charge in [0.15, 0.2) is 4.67 Å². The highest BCUT2D eigenvalue weighted by Crippen LogP contribution is 2.28. The Balaban J connectivity index is 1.62. The quantitative estimate of drug-likeness (QED) is 0.767. The van der Waals surface area contributed by atoms with E-state index in [1.54, 1.807) is 6.07 Å². The molecule has 0 aromatic carbocycles. The molecule has 0 aliphatic heterocycles. The van der Waals surface area contributed by atoms with Crippen LogP contribution in [0.25, 0.3) is 0 Å². The van der Waals surface area contributed by atoms with Gasteiger partial charge in [-0.25, -0.2) is 13.1 Å². The van der Waals surface area contributed by atoms with E-state index in [0.29, 0.717) is 30.8 Å². The number of hydrogen-bond acceptors (Lipinski definition) is 4. The summed E-state index contributed by atoms with van der Waals surface area (Å²) in [5.41, 5.74) is 0. The zero-order chi connectivity index (χ0) is 14.9. The molecule has 0 unspecified atom stereocenters. The van der Waals surface area contributed by atoms with Crippen LogP contribution < -0.4 is 10.0 Å². The topological polar surface area (TPSA) is 71.3 Å². The largest absolute Gasteiger partial charge is 0.452 e. The van der Waals surface area contributed by atoms with Crippen molar-refractivity contribution in [2.75, 3.05) is 6.54 Å². The maximum absolute atomic E-state index is 12.4. The second kappa shape index (κ2) is 6.40. The van der Waals surface area contributed by atoms with Crippen molar-refractivity contribution in [2.24, 2.45) is 5.92 Å². The second-order valence-electron chi connectivity index (χ2n) is 6.01. The third-order valence-corrected chi connectivity index (χ3v) is 6.46. The molecule has 0 radical (unpaired) electrons. The number of sulfonamides is 1. The molecule has 3 rings (SSSR count). The summed E-state index contributed by atoms with van der Waals surface area (Å²) in [4.78, 5) is 0.202. The van der Waals surface area contributed by atoms with Crippen LogP contribution in [0.15, 0.2) is 20.0 Å². The predicted octanol–water partition coefficient (Wildman–Crippen LogP) is 2.76. The monoisotopic (exact) mass is 376 g/mol. The van der Waals surface area contributed by atoms with Crippen LogP contribution in [0.2, 0.25) is 0 Å². The smallest absolute Gasteiger partial charge is 0.244 e. The molecule has 0 atom stereocenters. The van der Waals surface area contributed by atoms with Crippen LogP contribution in [0.5, 0.6) is 0 Å². The van der Waals surface area contributed by atoms with Crippen LogP contribution in [0.1, 0.15) is 44.3 Å². The first-order valence-corrected chi connectivity index (χ1v) is 9.83. The molecule has 2 saturated carbocycles. The summed E-state index contributed by atoms with van der Waals surface area (Å²) >= 11 is 3.22. The molecule has 118 valence electrons. The minimum atomic E-state index is -3.50. The van der Waals surface area contributed by atoms with Gasteiger partial charge in [-0.3, -0.25) is 0 Å². The fraction of sp³-hybridized carbons (Fsp3) is 0.714. The SMILES string of the molecule is O=S(=O)(NCC1CCCC1)c1cc(CNC2CC2)oc1Br. The summed E-state index contributed by atoms with van der Waals surface area (Å²) in [5.74, 6) is 1.12. The number of hydrogen-bond donors (Lipinski definition) is 2. The van der Waals surface area contributed by atoms with E-state index in [2.05, 4.69) is 26.0 Å². The Bertz CT molecular complexity index is 589. The summed E-state index contributed by atoms with van der Waals surface area (Å²) in [6.45, 7) is 1.09. The zero-order valence-electron chi connectivity index (χ0n) is 11.9. The number of rotatable bonds is 7. The summed E-state index contributed by atoms with van der Waals surface area (Å²) in [5, 5.41) is 3.31. The van der Waals surface area contributed by atoms with Gasteiger partial charge in [0, 0.05) is 18.7 Å². The molecular formula is C14H21BrN2O3S. The lowest BCUT2D eigenvalue weighted by molar-refractivity contribution is 0.459. The molecular weight excluding hydrogens is 356 g/mol. The highest BCUT2D eigenvalue weighted by atomic mass is 79.9. The van der Waals surface area contributed by atoms with Crippen LogP contribution in [0.3, 0.4) is 0 Å². The molecule has 0 saturated heterocycles. The van der Waals surface area contributed by atoms with Crippen molar-refractivity contribution < 1.29 is 12.8 Å². The first-order valence-electron chi connectivity index (χ1n) is 7.56. The molecule has 2 aliphatic rings. The maximum Gasteiger partial charge on any atom is 0.244 e. The Morgan fingerprint density at radius 1 is 1.24 bits per heavy atom. The minimum absolute atomic E-state index is 0.202.